The van der Waals surface area contributed by atoms with Crippen molar-refractivity contribution in [1.29, 1.82) is 0 Å². The van der Waals surface area contributed by atoms with Gasteiger partial charge in [0.05, 0.1) is 0 Å². The van der Waals surface area contributed by atoms with Crippen molar-refractivity contribution in [3.05, 3.63) is 0 Å². The third kappa shape index (κ3) is 5.56. The molecule has 0 unspecified atom stereocenters. The summed E-state index contributed by atoms with van der Waals surface area (Å²) in [6.07, 6.45) is 10.8. The molecule has 1 rings (SSSR count). The van der Waals surface area contributed by atoms with Gasteiger partial charge in [-0.3, -0.25) is 4.90 Å². The third-order valence-corrected chi connectivity index (χ3v) is 5.53. The van der Waals surface area contributed by atoms with Gasteiger partial charge in [-0.1, -0.05) is 53.4 Å². The lowest BCUT2D eigenvalue weighted by Crippen LogP contribution is -2.53. The Bertz CT molecular complexity index is 256. The molecule has 1 saturated heterocycles. The molecule has 0 saturated carbocycles. The molecule has 1 heterocycles. The first kappa shape index (κ1) is 19.0. The largest absolute Gasteiger partial charge is 0.302 e. The van der Waals surface area contributed by atoms with Crippen molar-refractivity contribution in [3.8, 4) is 0 Å². The van der Waals surface area contributed by atoms with E-state index < -0.39 is 0 Å². The molecule has 0 aromatic carbocycles. The van der Waals surface area contributed by atoms with Crippen molar-refractivity contribution in [3.63, 3.8) is 0 Å². The third-order valence-electron chi connectivity index (χ3n) is 5.53. The monoisotopic (exact) mass is 296 g/mol. The molecule has 0 bridgehead atoms. The van der Waals surface area contributed by atoms with Crippen LogP contribution in [-0.4, -0.2) is 47.6 Å². The first-order valence-corrected chi connectivity index (χ1v) is 9.60. The number of rotatable bonds is 9. The van der Waals surface area contributed by atoms with Crippen LogP contribution < -0.4 is 0 Å². The second kappa shape index (κ2) is 9.84. The van der Waals surface area contributed by atoms with Gasteiger partial charge in [-0.25, -0.2) is 0 Å². The lowest BCUT2D eigenvalue weighted by Gasteiger charge is -2.46. The van der Waals surface area contributed by atoms with Crippen LogP contribution in [-0.2, 0) is 0 Å². The van der Waals surface area contributed by atoms with Gasteiger partial charge in [-0.2, -0.15) is 0 Å². The molecule has 0 aromatic rings. The molecule has 2 heteroatoms. The van der Waals surface area contributed by atoms with Crippen LogP contribution in [0.5, 0.6) is 0 Å². The molecule has 0 aliphatic carbocycles. The molecule has 1 aliphatic heterocycles. The Hall–Kier alpha value is -0.0800. The second-order valence-electron chi connectivity index (χ2n) is 7.21. The van der Waals surface area contributed by atoms with Crippen LogP contribution >= 0.6 is 0 Å². The molecule has 0 N–H and O–H groups in total. The molecule has 1 aliphatic rings. The highest BCUT2D eigenvalue weighted by Gasteiger charge is 2.36. The minimum atomic E-state index is 0.427. The molecule has 126 valence electrons. The van der Waals surface area contributed by atoms with Crippen LogP contribution in [0.3, 0.4) is 0 Å². The maximum atomic E-state index is 2.91. The average Bonchev–Trinajstić information content (AvgIpc) is 2.73. The van der Waals surface area contributed by atoms with E-state index in [4.69, 9.17) is 0 Å². The van der Waals surface area contributed by atoms with Crippen LogP contribution in [0.15, 0.2) is 0 Å². The van der Waals surface area contributed by atoms with Gasteiger partial charge < -0.3 is 4.90 Å². The molecule has 21 heavy (non-hydrogen) atoms. The number of hydrogen-bond acceptors (Lipinski definition) is 2. The number of hydrogen-bond donors (Lipinski definition) is 0. The van der Waals surface area contributed by atoms with Crippen molar-refractivity contribution in [2.45, 2.75) is 97.6 Å². The number of unbranched alkanes of at least 4 members (excludes halogenated alkanes) is 2. The molecule has 1 atom stereocenters. The van der Waals surface area contributed by atoms with Crippen LogP contribution in [0.1, 0.15) is 86.0 Å². The van der Waals surface area contributed by atoms with Gasteiger partial charge >= 0.3 is 0 Å². The van der Waals surface area contributed by atoms with E-state index in [2.05, 4.69) is 44.4 Å². The van der Waals surface area contributed by atoms with E-state index >= 15 is 0 Å². The average molecular weight is 297 g/mol. The summed E-state index contributed by atoms with van der Waals surface area (Å²) in [5.74, 6) is 0. The Morgan fingerprint density at radius 3 is 2.05 bits per heavy atom. The van der Waals surface area contributed by atoms with Crippen molar-refractivity contribution in [2.24, 2.45) is 0 Å². The van der Waals surface area contributed by atoms with Crippen molar-refractivity contribution in [1.82, 2.24) is 9.80 Å². The van der Waals surface area contributed by atoms with E-state index in [0.717, 1.165) is 6.04 Å². The first-order chi connectivity index (χ1) is 10.1. The zero-order valence-corrected chi connectivity index (χ0v) is 15.5. The van der Waals surface area contributed by atoms with Gasteiger partial charge in [-0.05, 0) is 45.7 Å². The van der Waals surface area contributed by atoms with E-state index in [0.29, 0.717) is 5.54 Å². The van der Waals surface area contributed by atoms with Crippen molar-refractivity contribution in [2.75, 3.05) is 26.2 Å². The standard InChI is InChI=1S/C19H40N2/c1-6-10-13-19(5,14-11-7-2)21-16-12-15-20(9-4)17-18(21)8-3/h18H,6-17H2,1-5H3/t18-/m1/s1. The van der Waals surface area contributed by atoms with Gasteiger partial charge in [-0.15, -0.1) is 0 Å². The van der Waals surface area contributed by atoms with Gasteiger partial charge in [0.2, 0.25) is 0 Å². The van der Waals surface area contributed by atoms with E-state index in [-0.39, 0.29) is 0 Å². The minimum Gasteiger partial charge on any atom is -0.302 e. The molecular formula is C19H40N2. The van der Waals surface area contributed by atoms with E-state index in [9.17, 15) is 0 Å². The summed E-state index contributed by atoms with van der Waals surface area (Å²) in [6, 6.07) is 0.756. The summed E-state index contributed by atoms with van der Waals surface area (Å²) < 4.78 is 0. The molecule has 2 nitrogen and oxygen atoms in total. The molecule has 0 spiro atoms. The quantitative estimate of drug-likeness (QED) is 0.595. The topological polar surface area (TPSA) is 6.48 Å². The fraction of sp³-hybridized carbons (Fsp3) is 1.00. The van der Waals surface area contributed by atoms with E-state index in [1.807, 2.05) is 0 Å². The summed E-state index contributed by atoms with van der Waals surface area (Å²) in [7, 11) is 0. The molecule has 0 aromatic heterocycles. The summed E-state index contributed by atoms with van der Waals surface area (Å²) in [5, 5.41) is 0. The van der Waals surface area contributed by atoms with Crippen molar-refractivity contribution >= 4 is 0 Å². The normalized spacial score (nSPS) is 22.4. The molecule has 1 fully saturated rings. The Labute approximate surface area is 134 Å². The number of nitrogens with zero attached hydrogens (tertiary/aromatic N) is 2. The van der Waals surface area contributed by atoms with E-state index in [1.165, 1.54) is 77.5 Å². The predicted octanol–water partition coefficient (Wildman–Crippen LogP) is 4.93. The zero-order valence-electron chi connectivity index (χ0n) is 15.5. The predicted molar refractivity (Wildman–Crippen MR) is 95.0 cm³/mol. The Kier molecular flexibility index (Phi) is 8.89. The first-order valence-electron chi connectivity index (χ1n) is 9.60. The molecule has 0 amide bonds. The molecular weight excluding hydrogens is 256 g/mol. The van der Waals surface area contributed by atoms with Gasteiger partial charge in [0.1, 0.15) is 0 Å². The van der Waals surface area contributed by atoms with Gasteiger partial charge in [0, 0.05) is 24.7 Å². The SMILES string of the molecule is CCCCC(C)(CCCC)N1CCCN(CC)C[C@H]1CC. The van der Waals surface area contributed by atoms with Crippen molar-refractivity contribution < 1.29 is 0 Å². The van der Waals surface area contributed by atoms with Crippen LogP contribution in [0.25, 0.3) is 0 Å². The highest BCUT2D eigenvalue weighted by molar-refractivity contribution is 4.92. The smallest absolute Gasteiger partial charge is 0.0225 e. The number of likely N-dealkylation sites (N-methyl/N-ethyl adjacent to an activating group) is 1. The fourth-order valence-electron chi connectivity index (χ4n) is 4.01. The lowest BCUT2D eigenvalue weighted by atomic mass is 9.85. The van der Waals surface area contributed by atoms with Crippen LogP contribution in [0.2, 0.25) is 0 Å². The summed E-state index contributed by atoms with van der Waals surface area (Å²) >= 11 is 0. The zero-order chi connectivity index (χ0) is 15.7. The second-order valence-corrected chi connectivity index (χ2v) is 7.21. The summed E-state index contributed by atoms with van der Waals surface area (Å²) in [4.78, 5) is 5.57. The Balaban J connectivity index is 2.85. The molecule has 0 radical (unpaired) electrons. The summed E-state index contributed by atoms with van der Waals surface area (Å²) in [6.45, 7) is 17.0. The van der Waals surface area contributed by atoms with E-state index in [1.54, 1.807) is 0 Å². The van der Waals surface area contributed by atoms with Crippen LogP contribution in [0, 0.1) is 0 Å². The highest BCUT2D eigenvalue weighted by Crippen LogP contribution is 2.32. The Morgan fingerprint density at radius 1 is 0.952 bits per heavy atom. The maximum Gasteiger partial charge on any atom is 0.0225 e. The summed E-state index contributed by atoms with van der Waals surface area (Å²) in [5.41, 5.74) is 0.427. The van der Waals surface area contributed by atoms with Gasteiger partial charge in [0.25, 0.3) is 0 Å². The fourth-order valence-corrected chi connectivity index (χ4v) is 4.01. The van der Waals surface area contributed by atoms with Crippen LogP contribution in [0.4, 0.5) is 0 Å². The van der Waals surface area contributed by atoms with Gasteiger partial charge in [0.15, 0.2) is 0 Å². The minimum absolute atomic E-state index is 0.427. The Morgan fingerprint density at radius 2 is 1.57 bits per heavy atom. The maximum absolute atomic E-state index is 2.91. The lowest BCUT2D eigenvalue weighted by molar-refractivity contribution is 0.0361. The highest BCUT2D eigenvalue weighted by atomic mass is 15.3.